The van der Waals surface area contributed by atoms with Crippen LogP contribution in [0.3, 0.4) is 0 Å². The van der Waals surface area contributed by atoms with Crippen LogP contribution >= 0.6 is 0 Å². The molecule has 0 heterocycles. The smallest absolute Gasteiger partial charge is 0.152 e. The Morgan fingerprint density at radius 1 is 1.20 bits per heavy atom. The maximum Gasteiger partial charge on any atom is 0.152 e. The highest BCUT2D eigenvalue weighted by atomic mass is 28.2. The van der Waals surface area contributed by atoms with Gasteiger partial charge in [-0.1, -0.05) is 36.4 Å². The van der Waals surface area contributed by atoms with Crippen LogP contribution in [0.5, 0.6) is 0 Å². The fourth-order valence-corrected chi connectivity index (χ4v) is 2.87. The van der Waals surface area contributed by atoms with Crippen molar-refractivity contribution in [1.82, 2.24) is 4.98 Å². The van der Waals surface area contributed by atoms with Gasteiger partial charge in [0.25, 0.3) is 0 Å². The summed E-state index contributed by atoms with van der Waals surface area (Å²) in [6.45, 7) is 6.64. The minimum atomic E-state index is 0.212. The van der Waals surface area contributed by atoms with Crippen molar-refractivity contribution >= 4 is 15.8 Å². The summed E-state index contributed by atoms with van der Waals surface area (Å²) in [5.41, 5.74) is 3.63. The number of allylic oxidation sites excluding steroid dienone is 1. The van der Waals surface area contributed by atoms with E-state index in [2.05, 4.69) is 62.2 Å². The molecule has 2 rings (SSSR count). The summed E-state index contributed by atoms with van der Waals surface area (Å²) < 4.78 is 0. The molecular weight excluding hydrogens is 198 g/mol. The first-order chi connectivity index (χ1) is 7.06. The fraction of sp³-hybridized carbons (Fsp3) is 0.385. The van der Waals surface area contributed by atoms with E-state index >= 15 is 0 Å². The van der Waals surface area contributed by atoms with Gasteiger partial charge in [-0.3, -0.25) is 0 Å². The van der Waals surface area contributed by atoms with Crippen LogP contribution in [0.25, 0.3) is 6.08 Å². The van der Waals surface area contributed by atoms with Crippen molar-refractivity contribution in [2.24, 2.45) is 0 Å². The summed E-state index contributed by atoms with van der Waals surface area (Å²) in [4.78, 5) is 3.58. The molecule has 0 amide bonds. The van der Waals surface area contributed by atoms with Crippen molar-refractivity contribution in [2.75, 3.05) is 0 Å². The first-order valence-corrected chi connectivity index (χ1v) is 6.44. The molecule has 2 heteroatoms. The Morgan fingerprint density at radius 3 is 2.67 bits per heavy atom. The summed E-state index contributed by atoms with van der Waals surface area (Å²) in [7, 11) is 0.767. The molecule has 1 aliphatic rings. The van der Waals surface area contributed by atoms with Gasteiger partial charge in [-0.15, -0.1) is 0 Å². The first kappa shape index (κ1) is 10.6. The molecular formula is C13H17NSi. The van der Waals surface area contributed by atoms with Gasteiger partial charge < -0.3 is 4.98 Å². The third kappa shape index (κ3) is 2.58. The van der Waals surface area contributed by atoms with Gasteiger partial charge in [0.15, 0.2) is 9.68 Å². The Kier molecular flexibility index (Phi) is 2.80. The summed E-state index contributed by atoms with van der Waals surface area (Å²) >= 11 is 0. The average molecular weight is 215 g/mol. The fourth-order valence-electron chi connectivity index (χ4n) is 1.67. The van der Waals surface area contributed by atoms with E-state index in [0.717, 1.165) is 9.68 Å². The van der Waals surface area contributed by atoms with Crippen molar-refractivity contribution in [3.8, 4) is 0 Å². The van der Waals surface area contributed by atoms with Gasteiger partial charge in [0, 0.05) is 11.1 Å². The zero-order valence-corrected chi connectivity index (χ0v) is 10.5. The lowest BCUT2D eigenvalue weighted by molar-refractivity contribution is 0.521. The van der Waals surface area contributed by atoms with Crippen molar-refractivity contribution in [1.29, 1.82) is 0 Å². The van der Waals surface area contributed by atoms with E-state index in [4.69, 9.17) is 0 Å². The van der Waals surface area contributed by atoms with Crippen molar-refractivity contribution in [2.45, 2.75) is 31.9 Å². The van der Waals surface area contributed by atoms with Crippen LogP contribution in [0.1, 0.15) is 37.4 Å². The molecule has 1 aliphatic carbocycles. The predicted molar refractivity (Wildman–Crippen MR) is 66.9 cm³/mol. The number of nitrogens with one attached hydrogen (secondary N) is 1. The molecule has 2 radical (unpaired) electrons. The molecule has 0 spiro atoms. The van der Waals surface area contributed by atoms with Gasteiger partial charge in [-0.2, -0.15) is 0 Å². The third-order valence-electron chi connectivity index (χ3n) is 2.40. The molecule has 1 atom stereocenters. The standard InChI is InChI=1S/C13H17NSi/c1-13(2,3)14-15-12-9-8-10-6-4-5-7-11(10)12/h4-9,12,14H,1-3H3. The van der Waals surface area contributed by atoms with Crippen LogP contribution in [0.2, 0.25) is 0 Å². The summed E-state index contributed by atoms with van der Waals surface area (Å²) in [6.07, 6.45) is 4.54. The highest BCUT2D eigenvalue weighted by Gasteiger charge is 2.19. The molecule has 0 aromatic heterocycles. The van der Waals surface area contributed by atoms with Crippen LogP contribution in [0.4, 0.5) is 0 Å². The summed E-state index contributed by atoms with van der Waals surface area (Å²) in [6, 6.07) is 8.65. The minimum absolute atomic E-state index is 0.212. The number of hydrogen-bond acceptors (Lipinski definition) is 1. The maximum absolute atomic E-state index is 3.58. The monoisotopic (exact) mass is 215 g/mol. The molecule has 1 N–H and O–H groups in total. The Labute approximate surface area is 94.5 Å². The summed E-state index contributed by atoms with van der Waals surface area (Å²) in [5.74, 6) is 0. The Morgan fingerprint density at radius 2 is 1.93 bits per heavy atom. The topological polar surface area (TPSA) is 12.0 Å². The van der Waals surface area contributed by atoms with Crippen LogP contribution in [0, 0.1) is 0 Å². The van der Waals surface area contributed by atoms with Gasteiger partial charge in [0.1, 0.15) is 0 Å². The second kappa shape index (κ2) is 3.95. The molecule has 78 valence electrons. The van der Waals surface area contributed by atoms with Gasteiger partial charge in [-0.25, -0.2) is 0 Å². The number of rotatable bonds is 2. The van der Waals surface area contributed by atoms with E-state index in [-0.39, 0.29) is 5.54 Å². The van der Waals surface area contributed by atoms with E-state index in [1.165, 1.54) is 11.1 Å². The number of hydrogen-bond donors (Lipinski definition) is 1. The van der Waals surface area contributed by atoms with Gasteiger partial charge >= 0.3 is 0 Å². The highest BCUT2D eigenvalue weighted by molar-refractivity contribution is 6.36. The average Bonchev–Trinajstić information content (AvgIpc) is 2.57. The molecule has 1 aromatic carbocycles. The van der Waals surface area contributed by atoms with Crippen LogP contribution in [-0.4, -0.2) is 15.2 Å². The van der Waals surface area contributed by atoms with Gasteiger partial charge in [-0.05, 0) is 31.9 Å². The third-order valence-corrected chi connectivity index (χ3v) is 4.11. The molecule has 0 aliphatic heterocycles. The quantitative estimate of drug-likeness (QED) is 0.748. The van der Waals surface area contributed by atoms with Crippen LogP contribution in [-0.2, 0) is 0 Å². The lowest BCUT2D eigenvalue weighted by Gasteiger charge is -2.22. The SMILES string of the molecule is CC(C)(C)N[Si]C1C=Cc2ccccc21. The molecule has 0 bridgehead atoms. The molecule has 0 fully saturated rings. The zero-order chi connectivity index (χ0) is 10.9. The van der Waals surface area contributed by atoms with Crippen molar-refractivity contribution in [3.05, 3.63) is 41.5 Å². The summed E-state index contributed by atoms with van der Waals surface area (Å²) in [5, 5.41) is 0. The molecule has 1 unspecified atom stereocenters. The van der Waals surface area contributed by atoms with E-state index < -0.39 is 0 Å². The van der Waals surface area contributed by atoms with Gasteiger partial charge in [0.05, 0.1) is 0 Å². The van der Waals surface area contributed by atoms with Crippen LogP contribution in [0.15, 0.2) is 30.3 Å². The second-order valence-electron chi connectivity index (χ2n) is 4.99. The first-order valence-electron chi connectivity index (χ1n) is 5.36. The number of benzene rings is 1. The van der Waals surface area contributed by atoms with Crippen molar-refractivity contribution < 1.29 is 0 Å². The zero-order valence-electron chi connectivity index (χ0n) is 9.54. The molecule has 1 nitrogen and oxygen atoms in total. The minimum Gasteiger partial charge on any atom is -0.334 e. The molecule has 15 heavy (non-hydrogen) atoms. The number of fused-ring (bicyclic) bond motifs is 1. The Hall–Kier alpha value is -0.863. The lowest BCUT2D eigenvalue weighted by Crippen LogP contribution is -2.40. The van der Waals surface area contributed by atoms with E-state index in [1.54, 1.807) is 0 Å². The van der Waals surface area contributed by atoms with Gasteiger partial charge in [0.2, 0.25) is 0 Å². The predicted octanol–water partition coefficient (Wildman–Crippen LogP) is 2.76. The molecule has 1 aromatic rings. The van der Waals surface area contributed by atoms with Crippen molar-refractivity contribution in [3.63, 3.8) is 0 Å². The van der Waals surface area contributed by atoms with E-state index in [0.29, 0.717) is 5.54 Å². The largest absolute Gasteiger partial charge is 0.334 e. The Bertz CT molecular complexity index is 376. The highest BCUT2D eigenvalue weighted by Crippen LogP contribution is 2.28. The Balaban J connectivity index is 2.06. The molecule has 0 saturated carbocycles. The van der Waals surface area contributed by atoms with E-state index in [9.17, 15) is 0 Å². The maximum atomic E-state index is 3.58. The lowest BCUT2D eigenvalue weighted by atomic mass is 10.1. The second-order valence-corrected chi connectivity index (χ2v) is 6.15. The van der Waals surface area contributed by atoms with E-state index in [1.807, 2.05) is 0 Å². The normalized spacial score (nSPS) is 19.3. The molecule has 0 saturated heterocycles. The van der Waals surface area contributed by atoms with Crippen LogP contribution < -0.4 is 4.98 Å².